The molecular formula is C12H16N4O2. The first-order valence-corrected chi connectivity index (χ1v) is 6.00. The minimum Gasteiger partial charge on any atom is -0.483 e. The third kappa shape index (κ3) is 1.78. The van der Waals surface area contributed by atoms with Crippen LogP contribution in [0.2, 0.25) is 0 Å². The van der Waals surface area contributed by atoms with Crippen molar-refractivity contribution in [1.29, 1.82) is 0 Å². The van der Waals surface area contributed by atoms with E-state index in [2.05, 4.69) is 19.4 Å². The Morgan fingerprint density at radius 2 is 2.17 bits per heavy atom. The Bertz CT molecular complexity index is 564. The third-order valence-corrected chi connectivity index (χ3v) is 2.98. The molecular weight excluding hydrogens is 232 g/mol. The molecule has 18 heavy (non-hydrogen) atoms. The maximum absolute atomic E-state index is 5.72. The summed E-state index contributed by atoms with van der Waals surface area (Å²) in [5.74, 6) is 1.52. The molecule has 0 N–H and O–H groups in total. The maximum Gasteiger partial charge on any atom is 0.240 e. The van der Waals surface area contributed by atoms with Crippen molar-refractivity contribution in [2.45, 2.75) is 6.54 Å². The van der Waals surface area contributed by atoms with Gasteiger partial charge in [0.1, 0.15) is 25.1 Å². The molecule has 1 aliphatic heterocycles. The fourth-order valence-corrected chi connectivity index (χ4v) is 2.11. The number of hydrogen-bond acceptors (Lipinski definition) is 5. The molecule has 6 heteroatoms. The lowest BCUT2D eigenvalue weighted by Crippen LogP contribution is -2.21. The van der Waals surface area contributed by atoms with E-state index in [1.165, 1.54) is 6.33 Å². The van der Waals surface area contributed by atoms with Gasteiger partial charge in [0.15, 0.2) is 0 Å². The van der Waals surface area contributed by atoms with Crippen molar-refractivity contribution in [3.8, 4) is 11.6 Å². The van der Waals surface area contributed by atoms with E-state index in [9.17, 15) is 0 Å². The van der Waals surface area contributed by atoms with Gasteiger partial charge in [-0.25, -0.2) is 9.97 Å². The first kappa shape index (κ1) is 11.3. The average molecular weight is 248 g/mol. The second-order valence-electron chi connectivity index (χ2n) is 4.54. The number of likely N-dealkylation sites (N-methyl/N-ethyl adjacent to an activating group) is 1. The van der Waals surface area contributed by atoms with Gasteiger partial charge in [0.2, 0.25) is 11.6 Å². The van der Waals surface area contributed by atoms with Gasteiger partial charge in [-0.1, -0.05) is 0 Å². The van der Waals surface area contributed by atoms with Gasteiger partial charge in [0, 0.05) is 13.1 Å². The normalized spacial score (nSPS) is 14.4. The van der Waals surface area contributed by atoms with Crippen molar-refractivity contribution in [3.63, 3.8) is 0 Å². The number of aromatic nitrogens is 3. The molecule has 1 aliphatic rings. The summed E-state index contributed by atoms with van der Waals surface area (Å²) >= 11 is 0. The smallest absolute Gasteiger partial charge is 0.240 e. The quantitative estimate of drug-likeness (QED) is 0.803. The van der Waals surface area contributed by atoms with Gasteiger partial charge in [-0.3, -0.25) is 0 Å². The predicted octanol–water partition coefficient (Wildman–Crippen LogP) is 0.764. The molecule has 0 amide bonds. The number of hydrogen-bond donors (Lipinski definition) is 0. The van der Waals surface area contributed by atoms with Crippen molar-refractivity contribution >= 4 is 11.0 Å². The largest absolute Gasteiger partial charge is 0.483 e. The molecule has 6 nitrogen and oxygen atoms in total. The van der Waals surface area contributed by atoms with E-state index in [0.29, 0.717) is 13.2 Å². The predicted molar refractivity (Wildman–Crippen MR) is 67.1 cm³/mol. The van der Waals surface area contributed by atoms with Crippen LogP contribution in [0.5, 0.6) is 11.6 Å². The Labute approximate surface area is 105 Å². The van der Waals surface area contributed by atoms with Gasteiger partial charge in [-0.05, 0) is 14.1 Å². The summed E-state index contributed by atoms with van der Waals surface area (Å²) in [4.78, 5) is 10.5. The summed E-state index contributed by atoms with van der Waals surface area (Å²) in [6.07, 6.45) is 3.35. The average Bonchev–Trinajstić information content (AvgIpc) is 2.71. The molecule has 0 saturated heterocycles. The van der Waals surface area contributed by atoms with Gasteiger partial charge in [0.05, 0.1) is 11.7 Å². The van der Waals surface area contributed by atoms with Crippen LogP contribution in [-0.2, 0) is 6.54 Å². The molecule has 0 fully saturated rings. The van der Waals surface area contributed by atoms with Crippen molar-refractivity contribution in [1.82, 2.24) is 19.4 Å². The van der Waals surface area contributed by atoms with E-state index in [-0.39, 0.29) is 0 Å². The molecule has 96 valence electrons. The zero-order valence-electron chi connectivity index (χ0n) is 10.6. The van der Waals surface area contributed by atoms with Gasteiger partial charge >= 0.3 is 0 Å². The molecule has 2 aromatic heterocycles. The van der Waals surface area contributed by atoms with Crippen LogP contribution in [0.15, 0.2) is 12.5 Å². The van der Waals surface area contributed by atoms with Crippen LogP contribution in [0.25, 0.3) is 11.0 Å². The van der Waals surface area contributed by atoms with E-state index >= 15 is 0 Å². The minimum absolute atomic E-state index is 0.573. The van der Waals surface area contributed by atoms with E-state index < -0.39 is 0 Å². The zero-order valence-corrected chi connectivity index (χ0v) is 10.6. The molecule has 0 bridgehead atoms. The summed E-state index contributed by atoms with van der Waals surface area (Å²) in [5.41, 5.74) is 1.80. The fraction of sp³-hybridized carbons (Fsp3) is 0.500. The Kier molecular flexibility index (Phi) is 2.79. The van der Waals surface area contributed by atoms with Crippen molar-refractivity contribution < 1.29 is 9.47 Å². The number of fused-ring (bicyclic) bond motifs is 3. The Balaban J connectivity index is 2.10. The van der Waals surface area contributed by atoms with Crippen LogP contribution in [-0.4, -0.2) is 53.3 Å². The highest BCUT2D eigenvalue weighted by atomic mass is 16.6. The lowest BCUT2D eigenvalue weighted by Gasteiger charge is -2.18. The van der Waals surface area contributed by atoms with Crippen molar-refractivity contribution in [2.75, 3.05) is 33.9 Å². The second kappa shape index (κ2) is 4.45. The van der Waals surface area contributed by atoms with Gasteiger partial charge in [0.25, 0.3) is 0 Å². The lowest BCUT2D eigenvalue weighted by molar-refractivity contribution is 0.161. The molecule has 0 radical (unpaired) electrons. The summed E-state index contributed by atoms with van der Waals surface area (Å²) in [5, 5.41) is 0. The van der Waals surface area contributed by atoms with Crippen LogP contribution in [0.3, 0.4) is 0 Å². The number of rotatable bonds is 3. The first-order chi connectivity index (χ1) is 8.77. The molecule has 0 saturated carbocycles. The van der Waals surface area contributed by atoms with Crippen molar-refractivity contribution in [3.05, 3.63) is 12.5 Å². The summed E-state index contributed by atoms with van der Waals surface area (Å²) in [6, 6.07) is 0. The standard InChI is InChI=1S/C12H16N4O2/c1-15(2)3-4-16-9-7-13-8-14-10(9)11-12(16)18-6-5-17-11/h7-8H,3-6H2,1-2H3. The van der Waals surface area contributed by atoms with Gasteiger partial charge in [-0.2, -0.15) is 0 Å². The van der Waals surface area contributed by atoms with E-state index in [1.807, 2.05) is 20.3 Å². The Morgan fingerprint density at radius 1 is 1.33 bits per heavy atom. The second-order valence-corrected chi connectivity index (χ2v) is 4.54. The van der Waals surface area contributed by atoms with Crippen LogP contribution in [0.4, 0.5) is 0 Å². The first-order valence-electron chi connectivity index (χ1n) is 6.00. The summed E-state index contributed by atoms with van der Waals surface area (Å²) in [7, 11) is 4.10. The minimum atomic E-state index is 0.573. The summed E-state index contributed by atoms with van der Waals surface area (Å²) in [6.45, 7) is 2.91. The molecule has 3 rings (SSSR count). The number of nitrogens with zero attached hydrogens (tertiary/aromatic N) is 4. The van der Waals surface area contributed by atoms with E-state index in [4.69, 9.17) is 9.47 Å². The van der Waals surface area contributed by atoms with Gasteiger partial charge < -0.3 is 18.9 Å². The molecule has 0 aromatic carbocycles. The highest BCUT2D eigenvalue weighted by Gasteiger charge is 2.24. The van der Waals surface area contributed by atoms with E-state index in [1.54, 1.807) is 0 Å². The van der Waals surface area contributed by atoms with Crippen LogP contribution in [0, 0.1) is 0 Å². The third-order valence-electron chi connectivity index (χ3n) is 2.98. The monoisotopic (exact) mass is 248 g/mol. The Hall–Kier alpha value is -1.82. The highest BCUT2D eigenvalue weighted by molar-refractivity contribution is 5.85. The topological polar surface area (TPSA) is 52.4 Å². The SMILES string of the molecule is CN(C)CCn1c2c(c3ncncc31)OCCO2. The molecule has 0 unspecified atom stereocenters. The van der Waals surface area contributed by atoms with Crippen molar-refractivity contribution in [2.24, 2.45) is 0 Å². The Morgan fingerprint density at radius 3 is 3.00 bits per heavy atom. The zero-order chi connectivity index (χ0) is 12.5. The van der Waals surface area contributed by atoms with Crippen LogP contribution in [0.1, 0.15) is 0 Å². The fourth-order valence-electron chi connectivity index (χ4n) is 2.11. The van der Waals surface area contributed by atoms with Crippen LogP contribution >= 0.6 is 0 Å². The molecule has 3 heterocycles. The maximum atomic E-state index is 5.72. The molecule has 2 aromatic rings. The highest BCUT2D eigenvalue weighted by Crippen LogP contribution is 2.39. The van der Waals surface area contributed by atoms with Gasteiger partial charge in [-0.15, -0.1) is 0 Å². The number of ether oxygens (including phenoxy) is 2. The molecule has 0 spiro atoms. The molecule has 0 atom stereocenters. The molecule has 0 aliphatic carbocycles. The lowest BCUT2D eigenvalue weighted by atomic mass is 10.4. The van der Waals surface area contributed by atoms with E-state index in [0.717, 1.165) is 35.8 Å². The van der Waals surface area contributed by atoms with Crippen LogP contribution < -0.4 is 9.47 Å². The summed E-state index contributed by atoms with van der Waals surface area (Å²) < 4.78 is 13.5.